The first-order valence-corrected chi connectivity index (χ1v) is 10.8. The van der Waals surface area contributed by atoms with Gasteiger partial charge in [-0.1, -0.05) is 5.21 Å². The Balaban J connectivity index is 1.28. The average Bonchev–Trinajstić information content (AvgIpc) is 3.48. The van der Waals surface area contributed by atoms with Gasteiger partial charge in [0.1, 0.15) is 18.5 Å². The number of aromatic nitrogens is 3. The summed E-state index contributed by atoms with van der Waals surface area (Å²) in [5.41, 5.74) is 2.31. The zero-order valence-electron chi connectivity index (χ0n) is 18.7. The van der Waals surface area contributed by atoms with Crippen molar-refractivity contribution < 1.29 is 41.5 Å². The number of carbonyl (C=O) groups is 3. The van der Waals surface area contributed by atoms with E-state index in [1.165, 1.54) is 32.8 Å². The van der Waals surface area contributed by atoms with Crippen LogP contribution < -0.4 is 15.3 Å². The molecule has 0 unspecified atom stereocenters. The van der Waals surface area contributed by atoms with Gasteiger partial charge in [0.05, 0.1) is 30.7 Å². The fourth-order valence-electron chi connectivity index (χ4n) is 3.82. The first-order chi connectivity index (χ1) is 17.1. The molecule has 2 fully saturated rings. The van der Waals surface area contributed by atoms with Crippen LogP contribution in [0.5, 0.6) is 0 Å². The second-order valence-electron chi connectivity index (χ2n) is 7.95. The van der Waals surface area contributed by atoms with E-state index in [4.69, 9.17) is 4.74 Å². The number of nitrogens with one attached hydrogen (secondary N) is 1. The topological polar surface area (TPSA) is 122 Å². The molecule has 3 heterocycles. The molecule has 1 N–H and O–H groups in total. The number of hydrogen-bond acceptors (Lipinski definition) is 9. The van der Waals surface area contributed by atoms with Crippen LogP contribution in [-0.2, 0) is 25.7 Å². The molecule has 0 radical (unpaired) electrons. The van der Waals surface area contributed by atoms with E-state index < -0.39 is 42.6 Å². The summed E-state index contributed by atoms with van der Waals surface area (Å²) in [6.07, 6.45) is -3.11. The lowest BCUT2D eigenvalue weighted by atomic mass is 10.2. The summed E-state index contributed by atoms with van der Waals surface area (Å²) in [7, 11) is 0. The Hall–Kier alpha value is -3.95. The molecule has 1 aromatic carbocycles. The molecule has 0 saturated carbocycles. The third-order valence-corrected chi connectivity index (χ3v) is 5.57. The molecule has 0 aliphatic carbocycles. The number of amides is 2. The Labute approximate surface area is 201 Å². The summed E-state index contributed by atoms with van der Waals surface area (Å²) in [5, 5.41) is 7.52. The Morgan fingerprint density at radius 2 is 1.94 bits per heavy atom. The molecule has 2 saturated heterocycles. The average molecular weight is 515 g/mol. The first-order valence-electron chi connectivity index (χ1n) is 10.8. The van der Waals surface area contributed by atoms with E-state index in [1.807, 2.05) is 0 Å². The van der Waals surface area contributed by atoms with Gasteiger partial charge in [-0.05, 0) is 18.2 Å². The number of carbonyl (C=O) groups excluding carboxylic acids is 3. The number of nitrogens with zero attached hydrogens (tertiary/aromatic N) is 6. The van der Waals surface area contributed by atoms with Crippen LogP contribution in [0.2, 0.25) is 0 Å². The predicted octanol–water partition coefficient (Wildman–Crippen LogP) is 0.701. The monoisotopic (exact) mass is 515 g/mol. The Morgan fingerprint density at radius 1 is 1.19 bits per heavy atom. The maximum Gasteiger partial charge on any atom is 0.492 e. The van der Waals surface area contributed by atoms with Gasteiger partial charge in [-0.25, -0.2) is 18.7 Å². The van der Waals surface area contributed by atoms with Crippen molar-refractivity contribution in [2.45, 2.75) is 18.8 Å². The molecule has 2 aliphatic heterocycles. The fourth-order valence-corrected chi connectivity index (χ4v) is 3.82. The van der Waals surface area contributed by atoms with Crippen LogP contribution in [0.1, 0.15) is 0 Å². The summed E-state index contributed by atoms with van der Waals surface area (Å²) in [4.78, 5) is 43.2. The molecule has 16 heteroatoms. The van der Waals surface area contributed by atoms with Gasteiger partial charge in [-0.15, -0.1) is 10.6 Å². The highest BCUT2D eigenvalue weighted by Crippen LogP contribution is 2.29. The minimum atomic E-state index is -5.17. The van der Waals surface area contributed by atoms with E-state index in [0.717, 1.165) is 0 Å². The van der Waals surface area contributed by atoms with E-state index >= 15 is 0 Å². The Morgan fingerprint density at radius 3 is 2.58 bits per heavy atom. The smallest absolute Gasteiger partial charge is 0.442 e. The molecule has 2 aliphatic rings. The van der Waals surface area contributed by atoms with Crippen molar-refractivity contribution in [2.75, 3.05) is 49.1 Å². The number of halogens is 4. The second kappa shape index (κ2) is 10.3. The number of ether oxygens (including phenoxy) is 1. The van der Waals surface area contributed by atoms with Crippen molar-refractivity contribution in [1.29, 1.82) is 0 Å². The summed E-state index contributed by atoms with van der Waals surface area (Å²) < 4.78 is 58.1. The summed E-state index contributed by atoms with van der Waals surface area (Å²) in [6, 6.07) is 4.34. The normalized spacial score (nSPS) is 18.4. The van der Waals surface area contributed by atoms with Gasteiger partial charge in [0.2, 0.25) is 5.91 Å². The van der Waals surface area contributed by atoms with Gasteiger partial charge >= 0.3 is 18.2 Å². The molecular formula is C20H21F4N7O5. The van der Waals surface area contributed by atoms with Crippen LogP contribution in [0.15, 0.2) is 30.6 Å². The van der Waals surface area contributed by atoms with Crippen molar-refractivity contribution in [1.82, 2.24) is 25.4 Å². The molecule has 0 spiro atoms. The van der Waals surface area contributed by atoms with Crippen molar-refractivity contribution in [3.8, 4) is 0 Å². The number of benzene rings is 1. The van der Waals surface area contributed by atoms with Gasteiger partial charge in [-0.2, -0.15) is 13.2 Å². The maximum absolute atomic E-state index is 14.9. The molecule has 1 aromatic heterocycles. The zero-order valence-corrected chi connectivity index (χ0v) is 18.7. The van der Waals surface area contributed by atoms with Crippen LogP contribution in [0.3, 0.4) is 0 Å². The highest BCUT2D eigenvalue weighted by molar-refractivity contribution is 5.90. The number of alkyl halides is 3. The Bertz CT molecular complexity index is 1110. The molecule has 194 valence electrons. The second-order valence-corrected chi connectivity index (χ2v) is 7.95. The zero-order chi connectivity index (χ0) is 25.9. The molecule has 4 rings (SSSR count). The highest BCUT2D eigenvalue weighted by Gasteiger charge is 2.41. The minimum Gasteiger partial charge on any atom is -0.442 e. The fraction of sp³-hybridized carbons (Fsp3) is 0.450. The Kier molecular flexibility index (Phi) is 7.23. The number of anilines is 2. The van der Waals surface area contributed by atoms with Gasteiger partial charge < -0.3 is 19.4 Å². The highest BCUT2D eigenvalue weighted by atomic mass is 19.4. The molecule has 2 amide bonds. The summed E-state index contributed by atoms with van der Waals surface area (Å²) in [6.45, 7) is 0.770. The van der Waals surface area contributed by atoms with Crippen LogP contribution in [0, 0.1) is 5.82 Å². The van der Waals surface area contributed by atoms with E-state index in [-0.39, 0.29) is 38.4 Å². The quantitative estimate of drug-likeness (QED) is 0.420. The third kappa shape index (κ3) is 5.81. The van der Waals surface area contributed by atoms with E-state index in [9.17, 15) is 31.9 Å². The number of rotatable bonds is 7. The molecular weight excluding hydrogens is 494 g/mol. The number of hydroxylamine groups is 1. The van der Waals surface area contributed by atoms with Gasteiger partial charge in [0.15, 0.2) is 0 Å². The van der Waals surface area contributed by atoms with E-state index in [0.29, 0.717) is 12.2 Å². The molecule has 1 atom stereocenters. The summed E-state index contributed by atoms with van der Waals surface area (Å²) in [5.74, 6) is -3.60. The van der Waals surface area contributed by atoms with Crippen molar-refractivity contribution in [2.24, 2.45) is 0 Å². The molecule has 0 bridgehead atoms. The van der Waals surface area contributed by atoms with Gasteiger partial charge in [0, 0.05) is 32.4 Å². The van der Waals surface area contributed by atoms with E-state index in [1.54, 1.807) is 22.6 Å². The lowest BCUT2D eigenvalue weighted by molar-refractivity contribution is -0.207. The molecule has 36 heavy (non-hydrogen) atoms. The van der Waals surface area contributed by atoms with Gasteiger partial charge in [-0.3, -0.25) is 9.69 Å². The van der Waals surface area contributed by atoms with Crippen LogP contribution in [0.4, 0.5) is 33.7 Å². The lowest BCUT2D eigenvalue weighted by Gasteiger charge is -2.36. The number of cyclic esters (lactones) is 1. The summed E-state index contributed by atoms with van der Waals surface area (Å²) >= 11 is 0. The largest absolute Gasteiger partial charge is 0.492 e. The number of hydrogen-bond donors (Lipinski definition) is 1. The van der Waals surface area contributed by atoms with Gasteiger partial charge in [0.25, 0.3) is 0 Å². The van der Waals surface area contributed by atoms with Crippen molar-refractivity contribution in [3.05, 3.63) is 36.4 Å². The standard InChI is InChI=1S/C20H21F4N7O5/c21-15-9-13(31-12-14(35-19(31)34)11-30-4-3-25-27-30)1-2-16(15)28-5-7-29(8-6-28)17(32)10-26-36-18(33)20(22,23)24/h1-4,9,14,26H,5-8,10-12H2/t14-/m0/s1. The molecule has 2 aromatic rings. The number of piperazine rings is 1. The van der Waals surface area contributed by atoms with Crippen LogP contribution >= 0.6 is 0 Å². The van der Waals surface area contributed by atoms with Crippen molar-refractivity contribution >= 4 is 29.3 Å². The SMILES string of the molecule is O=C(CNOC(=O)C(F)(F)F)N1CCN(c2ccc(N3C[C@H](Cn4ccnn4)OC3=O)cc2F)CC1. The lowest BCUT2D eigenvalue weighted by Crippen LogP contribution is -2.51. The van der Waals surface area contributed by atoms with Crippen LogP contribution in [0.25, 0.3) is 0 Å². The first kappa shape index (κ1) is 25.2. The third-order valence-electron chi connectivity index (χ3n) is 5.57. The van der Waals surface area contributed by atoms with Crippen molar-refractivity contribution in [3.63, 3.8) is 0 Å². The van der Waals surface area contributed by atoms with Crippen LogP contribution in [-0.4, -0.2) is 89.4 Å². The van der Waals surface area contributed by atoms with E-state index in [2.05, 4.69) is 15.1 Å². The predicted molar refractivity (Wildman–Crippen MR) is 113 cm³/mol. The maximum atomic E-state index is 14.9. The minimum absolute atomic E-state index is 0.178. The molecule has 12 nitrogen and oxygen atoms in total.